The molecule has 0 spiro atoms. The number of rotatable bonds is 1. The first kappa shape index (κ1) is 11.6. The van der Waals surface area contributed by atoms with E-state index in [0.29, 0.717) is 10.8 Å². The van der Waals surface area contributed by atoms with Gasteiger partial charge in [0.2, 0.25) is 0 Å². The third-order valence-electron chi connectivity index (χ3n) is 2.65. The molecule has 0 N–H and O–H groups in total. The summed E-state index contributed by atoms with van der Waals surface area (Å²) in [5.41, 5.74) is 2.70. The van der Waals surface area contributed by atoms with Gasteiger partial charge in [0, 0.05) is 22.4 Å². The molecule has 3 aromatic rings. The highest BCUT2D eigenvalue weighted by Gasteiger charge is 2.13. The fraction of sp³-hybridized carbons (Fsp3) is 0.0833. The van der Waals surface area contributed by atoms with E-state index in [1.54, 1.807) is 12.4 Å². The second kappa shape index (κ2) is 4.33. The van der Waals surface area contributed by atoms with Gasteiger partial charge < -0.3 is 0 Å². The van der Waals surface area contributed by atoms with Gasteiger partial charge in [0.25, 0.3) is 0 Å². The van der Waals surface area contributed by atoms with Gasteiger partial charge in [-0.05, 0) is 24.6 Å². The van der Waals surface area contributed by atoms with Crippen molar-refractivity contribution in [1.82, 2.24) is 19.6 Å². The standard InChI is InChI=1S/C12H8BrClN4/c1-7-2-3-8(9(13)6-7)11-16-17-12-10(14)15-4-5-18(11)12/h2-6H,1H3. The number of nitrogens with zero attached hydrogens (tertiary/aromatic N) is 4. The molecule has 6 heteroatoms. The van der Waals surface area contributed by atoms with Crippen LogP contribution in [-0.2, 0) is 0 Å². The zero-order valence-corrected chi connectivity index (χ0v) is 11.8. The summed E-state index contributed by atoms with van der Waals surface area (Å²) < 4.78 is 2.80. The number of aromatic nitrogens is 4. The zero-order valence-electron chi connectivity index (χ0n) is 9.43. The van der Waals surface area contributed by atoms with Crippen LogP contribution in [0.15, 0.2) is 35.1 Å². The Morgan fingerprint density at radius 1 is 1.28 bits per heavy atom. The lowest BCUT2D eigenvalue weighted by atomic mass is 10.1. The molecule has 0 bridgehead atoms. The number of fused-ring (bicyclic) bond motifs is 1. The zero-order chi connectivity index (χ0) is 12.7. The highest BCUT2D eigenvalue weighted by molar-refractivity contribution is 9.10. The molecule has 0 radical (unpaired) electrons. The molecule has 2 heterocycles. The van der Waals surface area contributed by atoms with Gasteiger partial charge in [0.1, 0.15) is 0 Å². The average Bonchev–Trinajstić information content (AvgIpc) is 2.74. The van der Waals surface area contributed by atoms with E-state index in [2.05, 4.69) is 31.1 Å². The normalized spacial score (nSPS) is 11.1. The molecule has 0 aliphatic heterocycles. The van der Waals surface area contributed by atoms with Gasteiger partial charge in [-0.3, -0.25) is 4.40 Å². The van der Waals surface area contributed by atoms with Crippen molar-refractivity contribution in [3.63, 3.8) is 0 Å². The molecular formula is C12H8BrClN4. The Labute approximate surface area is 117 Å². The minimum Gasteiger partial charge on any atom is -0.278 e. The molecule has 0 aliphatic carbocycles. The van der Waals surface area contributed by atoms with E-state index in [4.69, 9.17) is 11.6 Å². The molecule has 0 saturated carbocycles. The lowest BCUT2D eigenvalue weighted by Crippen LogP contribution is -1.92. The summed E-state index contributed by atoms with van der Waals surface area (Å²) in [5, 5.41) is 8.58. The van der Waals surface area contributed by atoms with E-state index in [9.17, 15) is 0 Å². The quantitative estimate of drug-likeness (QED) is 0.688. The Bertz CT molecular complexity index is 738. The van der Waals surface area contributed by atoms with Crippen molar-refractivity contribution in [2.75, 3.05) is 0 Å². The van der Waals surface area contributed by atoms with Gasteiger partial charge >= 0.3 is 0 Å². The number of aryl methyl sites for hydroxylation is 1. The van der Waals surface area contributed by atoms with Crippen LogP contribution in [-0.4, -0.2) is 19.6 Å². The van der Waals surface area contributed by atoms with Crippen LogP contribution in [0.4, 0.5) is 0 Å². The molecule has 0 aliphatic rings. The molecule has 0 amide bonds. The smallest absolute Gasteiger partial charge is 0.198 e. The van der Waals surface area contributed by atoms with Crippen molar-refractivity contribution in [3.05, 3.63) is 45.8 Å². The van der Waals surface area contributed by atoms with Crippen LogP contribution in [0.1, 0.15) is 5.56 Å². The molecule has 2 aromatic heterocycles. The maximum absolute atomic E-state index is 5.98. The monoisotopic (exact) mass is 322 g/mol. The van der Waals surface area contributed by atoms with Crippen LogP contribution >= 0.6 is 27.5 Å². The molecule has 0 saturated heterocycles. The van der Waals surface area contributed by atoms with E-state index < -0.39 is 0 Å². The predicted molar refractivity (Wildman–Crippen MR) is 73.7 cm³/mol. The van der Waals surface area contributed by atoms with Gasteiger partial charge in [0.05, 0.1) is 0 Å². The second-order valence-electron chi connectivity index (χ2n) is 3.92. The summed E-state index contributed by atoms with van der Waals surface area (Å²) in [7, 11) is 0. The largest absolute Gasteiger partial charge is 0.278 e. The summed E-state index contributed by atoms with van der Waals surface area (Å²) in [5.74, 6) is 0.737. The Balaban J connectivity index is 2.29. The summed E-state index contributed by atoms with van der Waals surface area (Å²) in [6.45, 7) is 2.04. The van der Waals surface area contributed by atoms with E-state index in [1.165, 1.54) is 5.56 Å². The molecule has 4 nitrogen and oxygen atoms in total. The van der Waals surface area contributed by atoms with E-state index in [0.717, 1.165) is 15.9 Å². The fourth-order valence-corrected chi connectivity index (χ4v) is 2.64. The number of hydrogen-bond donors (Lipinski definition) is 0. The Morgan fingerprint density at radius 3 is 2.89 bits per heavy atom. The van der Waals surface area contributed by atoms with Crippen LogP contribution < -0.4 is 0 Å². The van der Waals surface area contributed by atoms with Crippen LogP contribution in [0.25, 0.3) is 17.0 Å². The molecular weight excluding hydrogens is 316 g/mol. The summed E-state index contributed by atoms with van der Waals surface area (Å²) in [6, 6.07) is 6.08. The van der Waals surface area contributed by atoms with Gasteiger partial charge in [0.15, 0.2) is 16.6 Å². The van der Waals surface area contributed by atoms with Crippen LogP contribution in [0, 0.1) is 6.92 Å². The molecule has 3 rings (SSSR count). The Hall–Kier alpha value is -1.46. The lowest BCUT2D eigenvalue weighted by Gasteiger charge is -2.04. The average molecular weight is 324 g/mol. The fourth-order valence-electron chi connectivity index (χ4n) is 1.78. The van der Waals surface area contributed by atoms with Gasteiger partial charge in [-0.25, -0.2) is 4.98 Å². The number of halogens is 2. The van der Waals surface area contributed by atoms with Crippen molar-refractivity contribution >= 4 is 33.2 Å². The van der Waals surface area contributed by atoms with Crippen molar-refractivity contribution in [2.24, 2.45) is 0 Å². The maximum atomic E-state index is 5.98. The van der Waals surface area contributed by atoms with E-state index in [-0.39, 0.29) is 0 Å². The Kier molecular flexibility index (Phi) is 2.80. The molecule has 0 atom stereocenters. The highest BCUT2D eigenvalue weighted by Crippen LogP contribution is 2.28. The molecule has 18 heavy (non-hydrogen) atoms. The minimum absolute atomic E-state index is 0.347. The molecule has 90 valence electrons. The van der Waals surface area contributed by atoms with Crippen molar-refractivity contribution in [3.8, 4) is 11.4 Å². The molecule has 0 unspecified atom stereocenters. The van der Waals surface area contributed by atoms with Crippen LogP contribution in [0.3, 0.4) is 0 Å². The SMILES string of the molecule is Cc1ccc(-c2nnc3c(Cl)nccn23)c(Br)c1. The van der Waals surface area contributed by atoms with Gasteiger partial charge in [-0.1, -0.05) is 33.6 Å². The third kappa shape index (κ3) is 1.79. The van der Waals surface area contributed by atoms with Crippen molar-refractivity contribution < 1.29 is 0 Å². The molecule has 0 fully saturated rings. The van der Waals surface area contributed by atoms with Crippen LogP contribution in [0.2, 0.25) is 5.15 Å². The summed E-state index contributed by atoms with van der Waals surface area (Å²) in [6.07, 6.45) is 3.42. The minimum atomic E-state index is 0.347. The van der Waals surface area contributed by atoms with E-state index in [1.807, 2.05) is 29.5 Å². The lowest BCUT2D eigenvalue weighted by molar-refractivity contribution is 1.11. The van der Waals surface area contributed by atoms with Gasteiger partial charge in [-0.2, -0.15) is 0 Å². The summed E-state index contributed by atoms with van der Waals surface area (Å²) >= 11 is 9.52. The van der Waals surface area contributed by atoms with Gasteiger partial charge in [-0.15, -0.1) is 10.2 Å². The topological polar surface area (TPSA) is 43.1 Å². The molecule has 1 aromatic carbocycles. The van der Waals surface area contributed by atoms with E-state index >= 15 is 0 Å². The summed E-state index contributed by atoms with van der Waals surface area (Å²) in [4.78, 5) is 3.98. The first-order chi connectivity index (χ1) is 8.66. The van der Waals surface area contributed by atoms with Crippen molar-refractivity contribution in [1.29, 1.82) is 0 Å². The predicted octanol–water partition coefficient (Wildman–Crippen LogP) is 3.52. The third-order valence-corrected chi connectivity index (χ3v) is 3.57. The number of benzene rings is 1. The van der Waals surface area contributed by atoms with Crippen molar-refractivity contribution in [2.45, 2.75) is 6.92 Å². The second-order valence-corrected chi connectivity index (χ2v) is 5.13. The Morgan fingerprint density at radius 2 is 2.11 bits per heavy atom. The maximum Gasteiger partial charge on any atom is 0.198 e. The highest BCUT2D eigenvalue weighted by atomic mass is 79.9. The van der Waals surface area contributed by atoms with Crippen LogP contribution in [0.5, 0.6) is 0 Å². The number of hydrogen-bond acceptors (Lipinski definition) is 3. The first-order valence-electron chi connectivity index (χ1n) is 5.28. The first-order valence-corrected chi connectivity index (χ1v) is 6.45.